The molecule has 76 valence electrons. The number of hydrogen-bond donors (Lipinski definition) is 1. The smallest absolute Gasteiger partial charge is 0.339 e. The number of aryl methyl sites for hydroxylation is 1. The van der Waals surface area contributed by atoms with E-state index in [1.165, 1.54) is 7.11 Å². The number of aliphatic hydroxyl groups excluding tert-OH is 1. The van der Waals surface area contributed by atoms with E-state index in [0.29, 0.717) is 5.56 Å². The largest absolute Gasteiger partial charge is 0.467 e. The first-order valence-electron chi connectivity index (χ1n) is 4.08. The van der Waals surface area contributed by atoms with Crippen LogP contribution in [-0.2, 0) is 9.53 Å². The second-order valence-corrected chi connectivity index (χ2v) is 3.84. The summed E-state index contributed by atoms with van der Waals surface area (Å²) in [5, 5.41) is 9.60. The average molecular weight is 259 g/mol. The number of ether oxygens (including phenoxy) is 1. The molecule has 0 aromatic heterocycles. The minimum Gasteiger partial charge on any atom is -0.467 e. The van der Waals surface area contributed by atoms with E-state index in [4.69, 9.17) is 0 Å². The van der Waals surface area contributed by atoms with Crippen molar-refractivity contribution in [3.63, 3.8) is 0 Å². The van der Waals surface area contributed by atoms with E-state index < -0.39 is 12.1 Å². The van der Waals surface area contributed by atoms with Gasteiger partial charge in [0.15, 0.2) is 6.10 Å². The van der Waals surface area contributed by atoms with Gasteiger partial charge in [-0.3, -0.25) is 0 Å². The lowest BCUT2D eigenvalue weighted by atomic mass is 10.0. The monoisotopic (exact) mass is 258 g/mol. The Labute approximate surface area is 90.8 Å². The summed E-state index contributed by atoms with van der Waals surface area (Å²) in [6.45, 7) is 1.83. The number of esters is 1. The Morgan fingerprint density at radius 1 is 1.57 bits per heavy atom. The highest BCUT2D eigenvalue weighted by Crippen LogP contribution is 2.22. The van der Waals surface area contributed by atoms with Crippen molar-refractivity contribution in [2.24, 2.45) is 0 Å². The van der Waals surface area contributed by atoms with Crippen molar-refractivity contribution in [3.8, 4) is 0 Å². The van der Waals surface area contributed by atoms with Crippen molar-refractivity contribution < 1.29 is 14.6 Å². The Morgan fingerprint density at radius 2 is 2.21 bits per heavy atom. The lowest BCUT2D eigenvalue weighted by Gasteiger charge is -2.11. The number of halogens is 1. The van der Waals surface area contributed by atoms with Crippen LogP contribution in [0.25, 0.3) is 0 Å². The van der Waals surface area contributed by atoms with Gasteiger partial charge in [-0.2, -0.15) is 0 Å². The Bertz CT molecular complexity index is 349. The number of benzene rings is 1. The van der Waals surface area contributed by atoms with Gasteiger partial charge in [-0.1, -0.05) is 22.0 Å². The van der Waals surface area contributed by atoms with Crippen LogP contribution in [0.4, 0.5) is 0 Å². The molecule has 0 bridgehead atoms. The highest BCUT2D eigenvalue weighted by molar-refractivity contribution is 9.10. The molecule has 0 aliphatic rings. The Morgan fingerprint density at radius 3 is 2.79 bits per heavy atom. The maximum Gasteiger partial charge on any atom is 0.339 e. The molecule has 1 aromatic rings. The summed E-state index contributed by atoms with van der Waals surface area (Å²) < 4.78 is 5.28. The molecule has 0 aliphatic heterocycles. The molecule has 1 N–H and O–H groups in total. The third-order valence-electron chi connectivity index (χ3n) is 1.96. The molecule has 0 fully saturated rings. The molecule has 0 saturated carbocycles. The molecule has 1 atom stereocenters. The second kappa shape index (κ2) is 4.57. The fourth-order valence-corrected chi connectivity index (χ4v) is 1.52. The van der Waals surface area contributed by atoms with Crippen molar-refractivity contribution in [2.75, 3.05) is 7.11 Å². The molecule has 0 radical (unpaired) electrons. The van der Waals surface area contributed by atoms with Gasteiger partial charge in [0, 0.05) is 4.47 Å². The molecule has 0 saturated heterocycles. The van der Waals surface area contributed by atoms with Crippen molar-refractivity contribution in [1.82, 2.24) is 0 Å². The first-order chi connectivity index (χ1) is 6.56. The maximum absolute atomic E-state index is 11.1. The summed E-state index contributed by atoms with van der Waals surface area (Å²) in [4.78, 5) is 11.1. The maximum atomic E-state index is 11.1. The van der Waals surface area contributed by atoms with E-state index in [0.717, 1.165) is 10.0 Å². The highest BCUT2D eigenvalue weighted by Gasteiger charge is 2.19. The third kappa shape index (κ3) is 2.33. The Hall–Kier alpha value is -0.870. The van der Waals surface area contributed by atoms with Gasteiger partial charge in [-0.25, -0.2) is 4.79 Å². The van der Waals surface area contributed by atoms with Crippen molar-refractivity contribution in [1.29, 1.82) is 0 Å². The molecule has 0 heterocycles. The third-order valence-corrected chi connectivity index (χ3v) is 2.45. The molecule has 1 rings (SSSR count). The average Bonchev–Trinajstić information content (AvgIpc) is 2.19. The Kier molecular flexibility index (Phi) is 3.66. The van der Waals surface area contributed by atoms with Crippen LogP contribution in [0.15, 0.2) is 22.7 Å². The summed E-state index contributed by atoms with van der Waals surface area (Å²) in [6.07, 6.45) is -1.21. The first kappa shape index (κ1) is 11.2. The number of carbonyl (C=O) groups excluding carboxylic acids is 1. The SMILES string of the molecule is COC(=O)C(O)c1cc(Br)ccc1C. The molecule has 0 amide bonds. The number of rotatable bonds is 2. The van der Waals surface area contributed by atoms with E-state index >= 15 is 0 Å². The zero-order valence-corrected chi connectivity index (χ0v) is 9.54. The van der Waals surface area contributed by atoms with Gasteiger partial charge < -0.3 is 9.84 Å². The molecule has 1 unspecified atom stereocenters. The summed E-state index contributed by atoms with van der Waals surface area (Å²) in [7, 11) is 1.25. The molecule has 3 nitrogen and oxygen atoms in total. The van der Waals surface area contributed by atoms with Crippen LogP contribution in [0.1, 0.15) is 17.2 Å². The van der Waals surface area contributed by atoms with Gasteiger partial charge in [0.1, 0.15) is 0 Å². The van der Waals surface area contributed by atoms with E-state index in [-0.39, 0.29) is 0 Å². The van der Waals surface area contributed by atoms with Crippen molar-refractivity contribution in [3.05, 3.63) is 33.8 Å². The van der Waals surface area contributed by atoms with Gasteiger partial charge in [0.25, 0.3) is 0 Å². The summed E-state index contributed by atoms with van der Waals surface area (Å²) >= 11 is 3.27. The molecule has 0 aliphatic carbocycles. The summed E-state index contributed by atoms with van der Waals surface area (Å²) in [6, 6.07) is 5.38. The van der Waals surface area contributed by atoms with Crippen LogP contribution < -0.4 is 0 Å². The molecular formula is C10H11BrO3. The van der Waals surface area contributed by atoms with Crippen LogP contribution >= 0.6 is 15.9 Å². The fraction of sp³-hybridized carbons (Fsp3) is 0.300. The van der Waals surface area contributed by atoms with E-state index in [2.05, 4.69) is 20.7 Å². The van der Waals surface area contributed by atoms with Gasteiger partial charge >= 0.3 is 5.97 Å². The lowest BCUT2D eigenvalue weighted by molar-refractivity contribution is -0.150. The fourth-order valence-electron chi connectivity index (χ4n) is 1.14. The normalized spacial score (nSPS) is 12.3. The van der Waals surface area contributed by atoms with Crippen LogP contribution in [0.5, 0.6) is 0 Å². The quantitative estimate of drug-likeness (QED) is 0.826. The van der Waals surface area contributed by atoms with Crippen LogP contribution in [0.2, 0.25) is 0 Å². The molecular weight excluding hydrogens is 248 g/mol. The zero-order chi connectivity index (χ0) is 10.7. The summed E-state index contributed by atoms with van der Waals surface area (Å²) in [5.41, 5.74) is 1.41. The summed E-state index contributed by atoms with van der Waals surface area (Å²) in [5.74, 6) is -0.647. The number of methoxy groups -OCH3 is 1. The minimum atomic E-state index is -1.21. The predicted octanol–water partition coefficient (Wildman–Crippen LogP) is 1.96. The Balaban J connectivity index is 3.05. The van der Waals surface area contributed by atoms with Crippen LogP contribution in [0.3, 0.4) is 0 Å². The first-order valence-corrected chi connectivity index (χ1v) is 4.87. The van der Waals surface area contributed by atoms with E-state index in [9.17, 15) is 9.90 Å². The topological polar surface area (TPSA) is 46.5 Å². The molecule has 4 heteroatoms. The number of aliphatic hydroxyl groups is 1. The standard InChI is InChI=1S/C10H11BrO3/c1-6-3-4-7(11)5-8(6)9(12)10(13)14-2/h3-5,9,12H,1-2H3. The van der Waals surface area contributed by atoms with Crippen LogP contribution in [-0.4, -0.2) is 18.2 Å². The minimum absolute atomic E-state index is 0.561. The van der Waals surface area contributed by atoms with Crippen molar-refractivity contribution >= 4 is 21.9 Å². The molecule has 0 spiro atoms. The van der Waals surface area contributed by atoms with E-state index in [1.54, 1.807) is 6.07 Å². The van der Waals surface area contributed by atoms with Gasteiger partial charge in [-0.05, 0) is 30.2 Å². The van der Waals surface area contributed by atoms with Crippen molar-refractivity contribution in [2.45, 2.75) is 13.0 Å². The number of carbonyl (C=O) groups is 1. The van der Waals surface area contributed by atoms with Crippen LogP contribution in [0, 0.1) is 6.92 Å². The second-order valence-electron chi connectivity index (χ2n) is 2.93. The van der Waals surface area contributed by atoms with E-state index in [1.807, 2.05) is 19.1 Å². The zero-order valence-electron chi connectivity index (χ0n) is 7.95. The number of hydrogen-bond acceptors (Lipinski definition) is 3. The predicted molar refractivity (Wildman–Crippen MR) is 55.9 cm³/mol. The molecule has 1 aromatic carbocycles. The van der Waals surface area contributed by atoms with Gasteiger partial charge in [-0.15, -0.1) is 0 Å². The van der Waals surface area contributed by atoms with Gasteiger partial charge in [0.05, 0.1) is 7.11 Å². The lowest BCUT2D eigenvalue weighted by Crippen LogP contribution is -2.14. The molecule has 14 heavy (non-hydrogen) atoms. The highest BCUT2D eigenvalue weighted by atomic mass is 79.9. The van der Waals surface area contributed by atoms with Gasteiger partial charge in [0.2, 0.25) is 0 Å².